The summed E-state index contributed by atoms with van der Waals surface area (Å²) in [5.74, 6) is 2.47. The first-order chi connectivity index (χ1) is 17.8. The van der Waals surface area contributed by atoms with Crippen LogP contribution in [0.4, 0.5) is 17.3 Å². The van der Waals surface area contributed by atoms with Crippen LogP contribution in [0, 0.1) is 0 Å². The van der Waals surface area contributed by atoms with Gasteiger partial charge in [0.1, 0.15) is 5.75 Å². The van der Waals surface area contributed by atoms with Crippen molar-refractivity contribution < 1.29 is 26.4 Å². The molecule has 0 aliphatic rings. The minimum absolute atomic E-state index is 0.816. The van der Waals surface area contributed by atoms with Crippen molar-refractivity contribution in [1.29, 1.82) is 0 Å². The van der Waals surface area contributed by atoms with Crippen molar-refractivity contribution in [1.82, 2.24) is 0 Å². The van der Waals surface area contributed by atoms with Crippen LogP contribution < -0.4 is 4.74 Å². The molecule has 0 unspecified atom stereocenters. The van der Waals surface area contributed by atoms with E-state index in [4.69, 9.17) is 9.15 Å². The molecule has 0 saturated carbocycles. The van der Waals surface area contributed by atoms with Crippen molar-refractivity contribution in [3.05, 3.63) is 121 Å². The van der Waals surface area contributed by atoms with Crippen molar-refractivity contribution in [2.75, 3.05) is 7.11 Å². The van der Waals surface area contributed by atoms with E-state index >= 15 is 0 Å². The molecule has 0 aliphatic carbocycles. The Bertz CT molecular complexity index is 1420. The number of hydrogen-bond donors (Lipinski definition) is 0. The second-order valence-corrected chi connectivity index (χ2v) is 8.11. The van der Waals surface area contributed by atoms with Crippen LogP contribution >= 0.6 is 0 Å². The fraction of sp³-hybridized carbons (Fsp3) is 0.0333. The molecule has 0 atom stereocenters. The lowest BCUT2D eigenvalue weighted by Gasteiger charge is -2.05. The van der Waals surface area contributed by atoms with Gasteiger partial charge in [-0.1, -0.05) is 72.8 Å². The van der Waals surface area contributed by atoms with E-state index in [9.17, 15) is 17.3 Å². The van der Waals surface area contributed by atoms with E-state index in [1.807, 2.05) is 48.5 Å². The van der Waals surface area contributed by atoms with E-state index in [0.29, 0.717) is 0 Å². The van der Waals surface area contributed by atoms with Gasteiger partial charge in [-0.3, -0.25) is 0 Å². The number of rotatable bonds is 5. The summed E-state index contributed by atoms with van der Waals surface area (Å²) in [6.45, 7) is 0. The maximum Gasteiger partial charge on any atom is 0.673 e. The number of hydrogen-bond acceptors (Lipinski definition) is 1. The Morgan fingerprint density at radius 2 is 0.838 bits per heavy atom. The van der Waals surface area contributed by atoms with Gasteiger partial charge in [0, 0.05) is 5.56 Å². The molecule has 7 heteroatoms. The van der Waals surface area contributed by atoms with Gasteiger partial charge in [0.05, 0.1) is 30.4 Å². The van der Waals surface area contributed by atoms with Crippen LogP contribution in [0.25, 0.3) is 44.9 Å². The van der Waals surface area contributed by atoms with Crippen molar-refractivity contribution in [3.8, 4) is 50.7 Å². The maximum absolute atomic E-state index is 9.75. The van der Waals surface area contributed by atoms with Crippen molar-refractivity contribution in [3.63, 3.8) is 0 Å². The molecule has 0 amide bonds. The summed E-state index contributed by atoms with van der Waals surface area (Å²) in [7, 11) is -4.33. The predicted octanol–water partition coefficient (Wildman–Crippen LogP) is 9.54. The molecule has 4 aromatic carbocycles. The lowest BCUT2D eigenvalue weighted by molar-refractivity contribution is 0.368. The van der Waals surface area contributed by atoms with Crippen LogP contribution in [-0.2, 0) is 0 Å². The van der Waals surface area contributed by atoms with Gasteiger partial charge >= 0.3 is 18.8 Å². The molecule has 0 fully saturated rings. The summed E-state index contributed by atoms with van der Waals surface area (Å²) >= 11 is 0. The average Bonchev–Trinajstić information content (AvgIpc) is 2.93. The Balaban J connectivity index is 0.000000586. The number of ether oxygens (including phenoxy) is 1. The van der Waals surface area contributed by atoms with Crippen LogP contribution in [0.1, 0.15) is 0 Å². The zero-order valence-electron chi connectivity index (χ0n) is 20.0. The first-order valence-electron chi connectivity index (χ1n) is 11.5. The van der Waals surface area contributed by atoms with E-state index in [-0.39, 0.29) is 0 Å². The zero-order valence-corrected chi connectivity index (χ0v) is 20.0. The molecule has 0 aliphatic heterocycles. The van der Waals surface area contributed by atoms with Gasteiger partial charge in [0.15, 0.2) is 0 Å². The summed E-state index contributed by atoms with van der Waals surface area (Å²) in [5, 5.41) is 0. The van der Waals surface area contributed by atoms with Gasteiger partial charge in [-0.15, -0.1) is 0 Å². The van der Waals surface area contributed by atoms with Gasteiger partial charge in [-0.2, -0.15) is 0 Å². The smallest absolute Gasteiger partial charge is 0.497 e. The van der Waals surface area contributed by atoms with Crippen molar-refractivity contribution >= 4 is 7.25 Å². The molecule has 0 radical (unpaired) electrons. The van der Waals surface area contributed by atoms with Gasteiger partial charge in [-0.05, 0) is 53.1 Å². The molecule has 0 N–H and O–H groups in total. The van der Waals surface area contributed by atoms with Crippen LogP contribution in [0.15, 0.2) is 126 Å². The normalized spacial score (nSPS) is 10.8. The highest BCUT2D eigenvalue weighted by Gasteiger charge is 2.21. The van der Waals surface area contributed by atoms with Crippen LogP contribution in [0.5, 0.6) is 5.75 Å². The Kier molecular flexibility index (Phi) is 8.03. The SMILES string of the molecule is COc1ccc(-c2cc(-c3ccc(-c4ccccc4)cc3)cc(-c3ccccc3)[o+]2)cc1.F[B-](F)(F)F. The highest BCUT2D eigenvalue weighted by molar-refractivity contribution is 6.50. The van der Waals surface area contributed by atoms with Gasteiger partial charge in [0.25, 0.3) is 0 Å². The standard InChI is InChI=1S/C30H23O2.BF4/c1-31-28-18-16-26(17-19-28)30-21-27(20-29(32-30)25-10-6-3-7-11-25)24-14-12-23(13-15-24)22-8-4-2-5-9-22;2-1(3,4)5/h2-21H,1H3;/q+1;-1. The van der Waals surface area contributed by atoms with E-state index in [1.54, 1.807) is 7.11 Å². The molecule has 5 rings (SSSR count). The third kappa shape index (κ3) is 7.30. The van der Waals surface area contributed by atoms with Crippen molar-refractivity contribution in [2.45, 2.75) is 0 Å². The first kappa shape index (κ1) is 25.7. The molecule has 37 heavy (non-hydrogen) atoms. The Hall–Kier alpha value is -4.39. The van der Waals surface area contributed by atoms with E-state index in [2.05, 4.69) is 72.8 Å². The lowest BCUT2D eigenvalue weighted by Crippen LogP contribution is -2.02. The van der Waals surface area contributed by atoms with Gasteiger partial charge in [-0.25, -0.2) is 4.42 Å². The molecule has 5 aromatic rings. The quantitative estimate of drug-likeness (QED) is 0.136. The lowest BCUT2D eigenvalue weighted by atomic mass is 9.98. The first-order valence-corrected chi connectivity index (χ1v) is 11.5. The summed E-state index contributed by atoms with van der Waals surface area (Å²) in [5.41, 5.74) is 6.73. The fourth-order valence-electron chi connectivity index (χ4n) is 3.80. The minimum Gasteiger partial charge on any atom is -0.497 e. The van der Waals surface area contributed by atoms with Crippen LogP contribution in [-0.4, -0.2) is 14.4 Å². The topological polar surface area (TPSA) is 20.5 Å². The molecule has 2 nitrogen and oxygen atoms in total. The Labute approximate surface area is 212 Å². The second kappa shape index (κ2) is 11.6. The summed E-state index contributed by atoms with van der Waals surface area (Å²) < 4.78 is 50.6. The second-order valence-electron chi connectivity index (χ2n) is 8.11. The molecule has 1 aromatic heterocycles. The molecular weight excluding hydrogens is 479 g/mol. The van der Waals surface area contributed by atoms with E-state index in [0.717, 1.165) is 39.5 Å². The minimum atomic E-state index is -6.00. The van der Waals surface area contributed by atoms with Crippen LogP contribution in [0.3, 0.4) is 0 Å². The summed E-state index contributed by atoms with van der Waals surface area (Å²) in [6, 6.07) is 41.5. The predicted molar refractivity (Wildman–Crippen MR) is 142 cm³/mol. The number of halogens is 4. The van der Waals surface area contributed by atoms with Crippen LogP contribution in [0.2, 0.25) is 0 Å². The largest absolute Gasteiger partial charge is 0.673 e. The van der Waals surface area contributed by atoms with Gasteiger partial charge in [0.2, 0.25) is 0 Å². The maximum atomic E-state index is 9.75. The average molecular weight is 502 g/mol. The highest BCUT2D eigenvalue weighted by atomic mass is 19.5. The third-order valence-electron chi connectivity index (χ3n) is 5.55. The van der Waals surface area contributed by atoms with Gasteiger partial charge < -0.3 is 22.0 Å². The molecule has 186 valence electrons. The zero-order chi connectivity index (χ0) is 26.3. The molecule has 0 bridgehead atoms. The number of methoxy groups -OCH3 is 1. The third-order valence-corrected chi connectivity index (χ3v) is 5.55. The highest BCUT2D eigenvalue weighted by Crippen LogP contribution is 2.34. The molecular formula is C30H23BF4O2. The molecule has 0 spiro atoms. The number of benzene rings is 4. The Morgan fingerprint density at radius 1 is 0.486 bits per heavy atom. The summed E-state index contributed by atoms with van der Waals surface area (Å²) in [4.78, 5) is 0. The Morgan fingerprint density at radius 3 is 1.30 bits per heavy atom. The van der Waals surface area contributed by atoms with Crippen molar-refractivity contribution in [2.24, 2.45) is 0 Å². The molecule has 1 heterocycles. The molecule has 0 saturated heterocycles. The summed E-state index contributed by atoms with van der Waals surface area (Å²) in [6.07, 6.45) is 0. The monoisotopic (exact) mass is 502 g/mol. The van der Waals surface area contributed by atoms with E-state index in [1.165, 1.54) is 11.1 Å². The fourth-order valence-corrected chi connectivity index (χ4v) is 3.80. The van der Waals surface area contributed by atoms with E-state index < -0.39 is 7.25 Å².